The monoisotopic (exact) mass is 366 g/mol. The smallest absolute Gasteiger partial charge is 0.253 e. The van der Waals surface area contributed by atoms with Crippen molar-refractivity contribution >= 4 is 11.7 Å². The van der Waals surface area contributed by atoms with E-state index in [4.69, 9.17) is 5.73 Å². The molecule has 2 aliphatic heterocycles. The number of amides is 1. The van der Waals surface area contributed by atoms with Gasteiger partial charge in [-0.1, -0.05) is 12.1 Å². The van der Waals surface area contributed by atoms with Crippen LogP contribution in [0.15, 0.2) is 36.4 Å². The number of pyridine rings is 1. The fourth-order valence-corrected chi connectivity index (χ4v) is 4.21. The molecule has 0 radical (unpaired) electrons. The van der Waals surface area contributed by atoms with Gasteiger partial charge in [-0.05, 0) is 56.1 Å². The number of carbonyl (C=O) groups excluding carboxylic acids is 1. The van der Waals surface area contributed by atoms with Crippen molar-refractivity contribution in [2.45, 2.75) is 25.4 Å². The maximum absolute atomic E-state index is 12.9. The molecule has 0 aliphatic carbocycles. The predicted octanol–water partition coefficient (Wildman–Crippen LogP) is 1.83. The highest BCUT2D eigenvalue weighted by atomic mass is 16.3. The third-order valence-electron chi connectivity index (χ3n) is 5.93. The van der Waals surface area contributed by atoms with Crippen LogP contribution < -0.4 is 11.1 Å². The number of aromatic nitrogens is 1. The van der Waals surface area contributed by atoms with Crippen molar-refractivity contribution in [3.8, 4) is 11.1 Å². The second kappa shape index (κ2) is 6.94. The second-order valence-corrected chi connectivity index (χ2v) is 7.72. The number of hydrogen-bond donors (Lipinski definition) is 3. The number of carbonyl (C=O) groups is 1. The minimum atomic E-state index is -0.623. The van der Waals surface area contributed by atoms with Crippen LogP contribution in [0.5, 0.6) is 0 Å². The lowest BCUT2D eigenvalue weighted by Gasteiger charge is -2.47. The first kappa shape index (κ1) is 17.9. The molecule has 3 heterocycles. The average Bonchev–Trinajstić information content (AvgIpc) is 2.67. The number of piperidine rings is 2. The van der Waals surface area contributed by atoms with E-state index in [-0.39, 0.29) is 11.8 Å². The van der Waals surface area contributed by atoms with E-state index in [1.807, 2.05) is 48.2 Å². The summed E-state index contributed by atoms with van der Waals surface area (Å²) in [7, 11) is 0. The number of nitrogen functional groups attached to an aromatic ring is 1. The van der Waals surface area contributed by atoms with Crippen LogP contribution in [-0.2, 0) is 0 Å². The molecule has 6 nitrogen and oxygen atoms in total. The van der Waals surface area contributed by atoms with Crippen LogP contribution in [0.25, 0.3) is 11.1 Å². The number of benzene rings is 1. The molecule has 2 fully saturated rings. The van der Waals surface area contributed by atoms with Crippen LogP contribution in [0.2, 0.25) is 0 Å². The molecule has 4 rings (SSSR count). The van der Waals surface area contributed by atoms with E-state index in [1.165, 1.54) is 0 Å². The van der Waals surface area contributed by atoms with Crippen LogP contribution >= 0.6 is 0 Å². The van der Waals surface area contributed by atoms with Crippen molar-refractivity contribution < 1.29 is 9.90 Å². The van der Waals surface area contributed by atoms with Gasteiger partial charge in [-0.2, -0.15) is 0 Å². The summed E-state index contributed by atoms with van der Waals surface area (Å²) in [6.45, 7) is 4.71. The Hall–Kier alpha value is -2.44. The summed E-state index contributed by atoms with van der Waals surface area (Å²) in [5, 5.41) is 14.1. The number of aryl methyl sites for hydroxylation is 1. The highest BCUT2D eigenvalue weighted by Gasteiger charge is 2.43. The maximum atomic E-state index is 12.9. The lowest BCUT2D eigenvalue weighted by atomic mass is 9.76. The summed E-state index contributed by atoms with van der Waals surface area (Å²) in [6, 6.07) is 11.4. The molecule has 1 amide bonds. The normalized spacial score (nSPS) is 25.1. The van der Waals surface area contributed by atoms with Gasteiger partial charge in [0.25, 0.3) is 5.91 Å². The zero-order valence-corrected chi connectivity index (χ0v) is 15.6. The van der Waals surface area contributed by atoms with Crippen molar-refractivity contribution in [2.75, 3.05) is 31.9 Å². The molecule has 4 N–H and O–H groups in total. The Morgan fingerprint density at radius 3 is 2.78 bits per heavy atom. The van der Waals surface area contributed by atoms with Gasteiger partial charge in [-0.25, -0.2) is 4.98 Å². The summed E-state index contributed by atoms with van der Waals surface area (Å²) < 4.78 is 0. The molecule has 0 bridgehead atoms. The largest absolute Gasteiger partial charge is 0.389 e. The van der Waals surface area contributed by atoms with E-state index in [0.29, 0.717) is 30.9 Å². The number of likely N-dealkylation sites (tertiary alicyclic amines) is 1. The lowest BCUT2D eigenvalue weighted by Crippen LogP contribution is -2.59. The number of nitrogens with zero attached hydrogens (tertiary/aromatic N) is 2. The van der Waals surface area contributed by atoms with Gasteiger partial charge in [0, 0.05) is 42.4 Å². The fourth-order valence-electron chi connectivity index (χ4n) is 4.21. The molecule has 0 spiro atoms. The Morgan fingerprint density at radius 2 is 2.04 bits per heavy atom. The van der Waals surface area contributed by atoms with Gasteiger partial charge in [-0.3, -0.25) is 4.79 Å². The van der Waals surface area contributed by atoms with Crippen LogP contribution in [0, 0.1) is 12.8 Å². The molecule has 6 heteroatoms. The predicted molar refractivity (Wildman–Crippen MR) is 105 cm³/mol. The first-order valence-corrected chi connectivity index (χ1v) is 9.52. The molecule has 2 saturated heterocycles. The van der Waals surface area contributed by atoms with E-state index >= 15 is 0 Å². The molecule has 1 aromatic heterocycles. The Balaban J connectivity index is 1.50. The fraction of sp³-hybridized carbons (Fsp3) is 0.429. The molecule has 2 aliphatic rings. The maximum Gasteiger partial charge on any atom is 0.253 e. The van der Waals surface area contributed by atoms with Gasteiger partial charge < -0.3 is 21.1 Å². The lowest BCUT2D eigenvalue weighted by molar-refractivity contribution is -0.0817. The van der Waals surface area contributed by atoms with E-state index in [1.54, 1.807) is 0 Å². The number of aliphatic hydroxyl groups is 1. The Morgan fingerprint density at radius 1 is 1.26 bits per heavy atom. The van der Waals surface area contributed by atoms with Gasteiger partial charge in [0.1, 0.15) is 5.82 Å². The highest BCUT2D eigenvalue weighted by Crippen LogP contribution is 2.33. The first-order valence-electron chi connectivity index (χ1n) is 9.52. The molecular weight excluding hydrogens is 340 g/mol. The van der Waals surface area contributed by atoms with E-state index in [0.717, 1.165) is 36.3 Å². The van der Waals surface area contributed by atoms with Gasteiger partial charge in [0.05, 0.1) is 5.60 Å². The van der Waals surface area contributed by atoms with Crippen molar-refractivity contribution in [3.63, 3.8) is 0 Å². The van der Waals surface area contributed by atoms with Crippen molar-refractivity contribution in [1.29, 1.82) is 0 Å². The molecule has 0 saturated carbocycles. The Labute approximate surface area is 159 Å². The quantitative estimate of drug-likeness (QED) is 0.754. The molecule has 2 atom stereocenters. The van der Waals surface area contributed by atoms with Crippen LogP contribution in [0.4, 0.5) is 5.82 Å². The zero-order chi connectivity index (χ0) is 19.0. The summed E-state index contributed by atoms with van der Waals surface area (Å²) >= 11 is 0. The Kier molecular flexibility index (Phi) is 4.61. The summed E-state index contributed by atoms with van der Waals surface area (Å²) in [4.78, 5) is 19.1. The highest BCUT2D eigenvalue weighted by molar-refractivity contribution is 5.95. The van der Waals surface area contributed by atoms with E-state index in [9.17, 15) is 9.90 Å². The summed E-state index contributed by atoms with van der Waals surface area (Å²) in [6.07, 6.45) is 1.41. The van der Waals surface area contributed by atoms with Crippen molar-refractivity contribution in [3.05, 3.63) is 47.7 Å². The van der Waals surface area contributed by atoms with Crippen LogP contribution in [0.3, 0.4) is 0 Å². The summed E-state index contributed by atoms with van der Waals surface area (Å²) in [5.74, 6) is 0.611. The van der Waals surface area contributed by atoms with E-state index < -0.39 is 5.60 Å². The number of nitrogens with one attached hydrogen (secondary N) is 1. The van der Waals surface area contributed by atoms with Crippen LogP contribution in [-0.4, -0.2) is 52.7 Å². The molecule has 2 aromatic rings. The SMILES string of the molecule is Cc1ccc(-c2ccc(C(=O)N3CCC4(O)CCNCC4C3)cc2)c(N)n1. The third kappa shape index (κ3) is 3.42. The molecule has 1 aromatic carbocycles. The number of fused-ring (bicyclic) bond motifs is 1. The zero-order valence-electron chi connectivity index (χ0n) is 15.6. The standard InChI is InChI=1S/C21H26N4O2/c1-14-2-7-18(19(22)24-14)15-3-5-16(6-4-15)20(26)25-11-9-21(27)8-10-23-12-17(21)13-25/h2-7,17,23,27H,8-13H2,1H3,(H2,22,24). The second-order valence-electron chi connectivity index (χ2n) is 7.72. The van der Waals surface area contributed by atoms with Crippen molar-refractivity contribution in [1.82, 2.24) is 15.2 Å². The van der Waals surface area contributed by atoms with E-state index in [2.05, 4.69) is 10.3 Å². The topological polar surface area (TPSA) is 91.5 Å². The molecule has 142 valence electrons. The van der Waals surface area contributed by atoms with Gasteiger partial charge in [0.15, 0.2) is 0 Å². The first-order chi connectivity index (χ1) is 13.0. The minimum absolute atomic E-state index is 0.0178. The average molecular weight is 366 g/mol. The molecule has 2 unspecified atom stereocenters. The summed E-state index contributed by atoms with van der Waals surface area (Å²) in [5.41, 5.74) is 8.76. The van der Waals surface area contributed by atoms with Gasteiger partial charge in [-0.15, -0.1) is 0 Å². The van der Waals surface area contributed by atoms with Gasteiger partial charge >= 0.3 is 0 Å². The minimum Gasteiger partial charge on any atom is -0.389 e. The third-order valence-corrected chi connectivity index (χ3v) is 5.93. The number of anilines is 1. The molecular formula is C21H26N4O2. The number of rotatable bonds is 2. The Bertz CT molecular complexity index is 852. The molecule has 27 heavy (non-hydrogen) atoms. The van der Waals surface area contributed by atoms with Crippen molar-refractivity contribution in [2.24, 2.45) is 5.92 Å². The number of nitrogens with two attached hydrogens (primary N) is 1. The van der Waals surface area contributed by atoms with Gasteiger partial charge in [0.2, 0.25) is 0 Å². The van der Waals surface area contributed by atoms with Crippen LogP contribution in [0.1, 0.15) is 28.9 Å². The number of hydrogen-bond acceptors (Lipinski definition) is 5.